The molecule has 5 heteroatoms. The summed E-state index contributed by atoms with van der Waals surface area (Å²) in [7, 11) is -3.91. The van der Waals surface area contributed by atoms with E-state index in [0.717, 1.165) is 4.47 Å². The third-order valence-corrected chi connectivity index (χ3v) is 2.49. The van der Waals surface area contributed by atoms with E-state index >= 15 is 0 Å². The van der Waals surface area contributed by atoms with Gasteiger partial charge in [-0.2, -0.15) is 8.42 Å². The van der Waals surface area contributed by atoms with E-state index in [1.165, 1.54) is 0 Å². The van der Waals surface area contributed by atoms with Crippen LogP contribution in [0.3, 0.4) is 0 Å². The van der Waals surface area contributed by atoms with E-state index in [9.17, 15) is 8.42 Å². The van der Waals surface area contributed by atoms with Gasteiger partial charge in [0.1, 0.15) is 5.75 Å². The molecule has 1 aromatic rings. The van der Waals surface area contributed by atoms with Crippen molar-refractivity contribution in [1.29, 1.82) is 0 Å². The average molecular weight is 251 g/mol. The Morgan fingerprint density at radius 1 is 1.25 bits per heavy atom. The Kier molecular flexibility index (Phi) is 2.87. The lowest BCUT2D eigenvalue weighted by molar-refractivity contribution is 0.482. The molecule has 0 radical (unpaired) electrons. The Bertz CT molecular complexity index is 355. The number of hydrogen-bond donors (Lipinski definition) is 1. The monoisotopic (exact) mass is 250 g/mol. The average Bonchev–Trinajstić information content (AvgIpc) is 1.91. The van der Waals surface area contributed by atoms with Crippen LogP contribution in [-0.2, 0) is 15.9 Å². The smallest absolute Gasteiger partial charge is 0.269 e. The van der Waals surface area contributed by atoms with Crippen LogP contribution in [0.25, 0.3) is 0 Å². The fourth-order valence-electron chi connectivity index (χ4n) is 0.791. The Labute approximate surface area is 79.3 Å². The Balaban J connectivity index is 2.85. The van der Waals surface area contributed by atoms with E-state index in [2.05, 4.69) is 15.9 Å². The van der Waals surface area contributed by atoms with Gasteiger partial charge in [0.2, 0.25) is 0 Å². The highest BCUT2D eigenvalue weighted by Gasteiger charge is 2.05. The number of halogens is 1. The van der Waals surface area contributed by atoms with E-state index in [-0.39, 0.29) is 5.75 Å². The topological polar surface area (TPSA) is 54.4 Å². The molecule has 0 saturated heterocycles. The van der Waals surface area contributed by atoms with Gasteiger partial charge in [0.05, 0.1) is 0 Å². The molecule has 0 aliphatic carbocycles. The molecule has 66 valence electrons. The van der Waals surface area contributed by atoms with E-state index in [1.807, 2.05) is 0 Å². The minimum atomic E-state index is -3.91. The van der Waals surface area contributed by atoms with Gasteiger partial charge in [0.15, 0.2) is 0 Å². The molecule has 1 N–H and O–H groups in total. The number of benzene rings is 1. The fraction of sp³-hybridized carbons (Fsp3) is 0.143. The summed E-state index contributed by atoms with van der Waals surface area (Å²) in [6, 6.07) is 6.72. The van der Waals surface area contributed by atoms with Crippen molar-refractivity contribution >= 4 is 26.0 Å². The number of hydrogen-bond acceptors (Lipinski definition) is 2. The standard InChI is InChI=1S/C7H7BrO3S/c8-7-3-1-6(2-4-7)5-12(9,10)11/h1-4H,5H2,(H,9,10,11). The van der Waals surface area contributed by atoms with Gasteiger partial charge in [-0.25, -0.2) is 0 Å². The van der Waals surface area contributed by atoms with Gasteiger partial charge in [0.25, 0.3) is 10.1 Å². The SMILES string of the molecule is O=S(=O)(O)Cc1ccc(Br)cc1. The van der Waals surface area contributed by atoms with E-state index in [0.29, 0.717) is 5.56 Å². The van der Waals surface area contributed by atoms with Crippen molar-refractivity contribution in [3.8, 4) is 0 Å². The molecule has 0 atom stereocenters. The summed E-state index contributed by atoms with van der Waals surface area (Å²) in [5.41, 5.74) is 0.570. The lowest BCUT2D eigenvalue weighted by atomic mass is 10.2. The Morgan fingerprint density at radius 2 is 1.75 bits per heavy atom. The predicted molar refractivity (Wildman–Crippen MR) is 49.4 cm³/mol. The molecule has 0 saturated carbocycles. The molecule has 0 aliphatic rings. The van der Waals surface area contributed by atoms with Gasteiger partial charge in [-0.1, -0.05) is 28.1 Å². The maximum atomic E-state index is 10.4. The van der Waals surface area contributed by atoms with Gasteiger partial charge >= 0.3 is 0 Å². The molecular weight excluding hydrogens is 244 g/mol. The summed E-state index contributed by atoms with van der Waals surface area (Å²) in [5, 5.41) is 0. The third-order valence-electron chi connectivity index (χ3n) is 1.26. The second kappa shape index (κ2) is 3.55. The van der Waals surface area contributed by atoms with Crippen LogP contribution >= 0.6 is 15.9 Å². The fourth-order valence-corrected chi connectivity index (χ4v) is 1.67. The van der Waals surface area contributed by atoms with Gasteiger partial charge in [0, 0.05) is 4.47 Å². The molecule has 1 rings (SSSR count). The van der Waals surface area contributed by atoms with Crippen molar-refractivity contribution in [3.63, 3.8) is 0 Å². The van der Waals surface area contributed by atoms with Gasteiger partial charge < -0.3 is 0 Å². The Hall–Kier alpha value is -0.390. The van der Waals surface area contributed by atoms with E-state index < -0.39 is 10.1 Å². The molecule has 0 bridgehead atoms. The molecule has 0 fully saturated rings. The van der Waals surface area contributed by atoms with Crippen molar-refractivity contribution in [1.82, 2.24) is 0 Å². The number of rotatable bonds is 2. The first-order chi connectivity index (χ1) is 5.47. The molecule has 12 heavy (non-hydrogen) atoms. The van der Waals surface area contributed by atoms with Crippen LogP contribution in [0.5, 0.6) is 0 Å². The molecule has 0 unspecified atom stereocenters. The molecule has 0 amide bonds. The highest BCUT2D eigenvalue weighted by molar-refractivity contribution is 9.10. The van der Waals surface area contributed by atoms with Crippen LogP contribution < -0.4 is 0 Å². The lowest BCUT2D eigenvalue weighted by Gasteiger charge is -1.97. The molecule has 0 heterocycles. The maximum absolute atomic E-state index is 10.4. The van der Waals surface area contributed by atoms with Crippen LogP contribution in [0.1, 0.15) is 5.56 Å². The third kappa shape index (κ3) is 3.34. The molecule has 1 aromatic carbocycles. The first kappa shape index (κ1) is 9.70. The summed E-state index contributed by atoms with van der Waals surface area (Å²) in [4.78, 5) is 0. The molecule has 0 spiro atoms. The zero-order valence-corrected chi connectivity index (χ0v) is 8.47. The van der Waals surface area contributed by atoms with E-state index in [1.54, 1.807) is 24.3 Å². The van der Waals surface area contributed by atoms with Crippen molar-refractivity contribution < 1.29 is 13.0 Å². The second-order valence-corrected chi connectivity index (χ2v) is 4.72. The largest absolute Gasteiger partial charge is 0.285 e. The summed E-state index contributed by atoms with van der Waals surface area (Å²) >= 11 is 3.21. The van der Waals surface area contributed by atoms with Crippen molar-refractivity contribution in [2.24, 2.45) is 0 Å². The van der Waals surface area contributed by atoms with Gasteiger partial charge in [-0.05, 0) is 17.7 Å². The lowest BCUT2D eigenvalue weighted by Crippen LogP contribution is -2.00. The van der Waals surface area contributed by atoms with Gasteiger partial charge in [-0.15, -0.1) is 0 Å². The predicted octanol–water partition coefficient (Wildman–Crippen LogP) is 1.84. The first-order valence-electron chi connectivity index (χ1n) is 3.17. The zero-order valence-electron chi connectivity index (χ0n) is 6.07. The summed E-state index contributed by atoms with van der Waals surface area (Å²) in [6.45, 7) is 0. The molecule has 0 aliphatic heterocycles. The second-order valence-electron chi connectivity index (χ2n) is 2.35. The first-order valence-corrected chi connectivity index (χ1v) is 5.57. The van der Waals surface area contributed by atoms with Crippen LogP contribution in [-0.4, -0.2) is 13.0 Å². The van der Waals surface area contributed by atoms with Crippen LogP contribution in [0.2, 0.25) is 0 Å². The van der Waals surface area contributed by atoms with Crippen molar-refractivity contribution in [2.75, 3.05) is 0 Å². The molecule has 3 nitrogen and oxygen atoms in total. The van der Waals surface area contributed by atoms with Gasteiger partial charge in [-0.3, -0.25) is 4.55 Å². The quantitative estimate of drug-likeness (QED) is 0.816. The minimum Gasteiger partial charge on any atom is -0.285 e. The van der Waals surface area contributed by atoms with Crippen LogP contribution in [0, 0.1) is 0 Å². The Morgan fingerprint density at radius 3 is 2.17 bits per heavy atom. The minimum absolute atomic E-state index is 0.333. The summed E-state index contributed by atoms with van der Waals surface area (Å²) in [6.07, 6.45) is 0. The molecule has 0 aromatic heterocycles. The summed E-state index contributed by atoms with van der Waals surface area (Å²) in [5.74, 6) is -0.333. The highest BCUT2D eigenvalue weighted by atomic mass is 79.9. The molecular formula is C7H7BrO3S. The van der Waals surface area contributed by atoms with Crippen LogP contribution in [0.4, 0.5) is 0 Å². The normalized spacial score (nSPS) is 11.5. The van der Waals surface area contributed by atoms with Crippen molar-refractivity contribution in [3.05, 3.63) is 34.3 Å². The maximum Gasteiger partial charge on any atom is 0.269 e. The summed E-state index contributed by atoms with van der Waals surface area (Å²) < 4.78 is 30.2. The zero-order chi connectivity index (χ0) is 9.19. The van der Waals surface area contributed by atoms with Crippen LogP contribution in [0.15, 0.2) is 28.7 Å². The highest BCUT2D eigenvalue weighted by Crippen LogP contribution is 2.11. The van der Waals surface area contributed by atoms with E-state index in [4.69, 9.17) is 4.55 Å². The van der Waals surface area contributed by atoms with Crippen molar-refractivity contribution in [2.45, 2.75) is 5.75 Å².